The van der Waals surface area contributed by atoms with Crippen molar-refractivity contribution < 1.29 is 4.79 Å². The number of Topliss-reactive ketones (excluding diaryl/α,β-unsaturated/α-hetero) is 1. The van der Waals surface area contributed by atoms with Crippen LogP contribution in [0.25, 0.3) is 6.08 Å². The first-order valence-corrected chi connectivity index (χ1v) is 15.5. The molecule has 9 unspecified atom stereocenters. The van der Waals surface area contributed by atoms with Crippen LogP contribution in [0, 0.1) is 58.2 Å². The van der Waals surface area contributed by atoms with Crippen LogP contribution in [-0.4, -0.2) is 5.78 Å². The van der Waals surface area contributed by atoms with Gasteiger partial charge >= 0.3 is 0 Å². The van der Waals surface area contributed by atoms with Crippen LogP contribution in [0.2, 0.25) is 0 Å². The number of benzene rings is 1. The van der Waals surface area contributed by atoms with Crippen molar-refractivity contribution >= 4 is 11.9 Å². The normalized spacial score (nSPS) is 41.2. The largest absolute Gasteiger partial charge is 0.299 e. The fourth-order valence-corrected chi connectivity index (χ4v) is 10.1. The highest BCUT2D eigenvalue weighted by Crippen LogP contribution is 2.68. The molecule has 1 aromatic carbocycles. The molecule has 5 rings (SSSR count). The first-order valence-electron chi connectivity index (χ1n) is 15.5. The van der Waals surface area contributed by atoms with E-state index < -0.39 is 0 Å². The average Bonchev–Trinajstić information content (AvgIpc) is 3.20. The zero-order valence-corrected chi connectivity index (χ0v) is 23.8. The molecule has 0 spiro atoms. The summed E-state index contributed by atoms with van der Waals surface area (Å²) < 4.78 is 0. The lowest BCUT2D eigenvalue weighted by Crippen LogP contribution is -2.55. The number of rotatable bonds is 7. The van der Waals surface area contributed by atoms with Crippen molar-refractivity contribution in [1.82, 2.24) is 0 Å². The van der Waals surface area contributed by atoms with Crippen molar-refractivity contribution in [2.75, 3.05) is 0 Å². The van der Waals surface area contributed by atoms with Gasteiger partial charge in [-0.1, -0.05) is 96.4 Å². The van der Waals surface area contributed by atoms with Gasteiger partial charge in [-0.25, -0.2) is 0 Å². The third-order valence-electron chi connectivity index (χ3n) is 12.1. The highest BCUT2D eigenvalue weighted by atomic mass is 16.1. The summed E-state index contributed by atoms with van der Waals surface area (Å²) in [5.74, 6) is 6.51. The molecule has 1 aromatic rings. The molecule has 4 saturated carbocycles. The Hall–Kier alpha value is -1.37. The molecular formula is C35H52O. The summed E-state index contributed by atoms with van der Waals surface area (Å²) >= 11 is 0. The number of fused-ring (bicyclic) bond motifs is 5. The van der Waals surface area contributed by atoms with Crippen LogP contribution in [0.15, 0.2) is 36.4 Å². The van der Waals surface area contributed by atoms with Gasteiger partial charge in [-0.2, -0.15) is 0 Å². The van der Waals surface area contributed by atoms with Gasteiger partial charge in [0.25, 0.3) is 0 Å². The Bertz CT molecular complexity index is 929. The molecule has 0 radical (unpaired) electrons. The van der Waals surface area contributed by atoms with Gasteiger partial charge in [0.1, 0.15) is 5.78 Å². The van der Waals surface area contributed by atoms with Crippen molar-refractivity contribution in [2.45, 2.75) is 105 Å². The first-order chi connectivity index (χ1) is 17.2. The third-order valence-corrected chi connectivity index (χ3v) is 12.1. The molecule has 4 aliphatic rings. The van der Waals surface area contributed by atoms with Crippen LogP contribution < -0.4 is 0 Å². The standard InChI is InChI=1S/C35H52O/c1-24(2)10-9-11-25(3)30-18-19-31-29-17-16-28-22-27(15-14-26-12-7-6-8-13-26)33(36)23-35(28,5)32(29)20-21-34(30,31)4/h6-8,12-15,24-25,27-32H,9-11,16-23H2,1-5H3/b15-14-. The zero-order chi connectivity index (χ0) is 25.5. The van der Waals surface area contributed by atoms with Gasteiger partial charge in [0, 0.05) is 12.3 Å². The summed E-state index contributed by atoms with van der Waals surface area (Å²) in [5.41, 5.74) is 1.99. The van der Waals surface area contributed by atoms with E-state index in [0.29, 0.717) is 11.2 Å². The Labute approximate surface area is 221 Å². The third kappa shape index (κ3) is 4.78. The van der Waals surface area contributed by atoms with Gasteiger partial charge in [-0.3, -0.25) is 4.79 Å². The van der Waals surface area contributed by atoms with Crippen molar-refractivity contribution in [3.63, 3.8) is 0 Å². The van der Waals surface area contributed by atoms with Gasteiger partial charge < -0.3 is 0 Å². The van der Waals surface area contributed by atoms with Crippen molar-refractivity contribution in [1.29, 1.82) is 0 Å². The van der Waals surface area contributed by atoms with Crippen LogP contribution >= 0.6 is 0 Å². The summed E-state index contributed by atoms with van der Waals surface area (Å²) in [4.78, 5) is 13.5. The van der Waals surface area contributed by atoms with E-state index in [1.54, 1.807) is 0 Å². The molecule has 1 heteroatoms. The maximum atomic E-state index is 13.5. The predicted octanol–water partition coefficient (Wildman–Crippen LogP) is 9.62. The smallest absolute Gasteiger partial charge is 0.140 e. The van der Waals surface area contributed by atoms with Gasteiger partial charge in [-0.05, 0) is 103 Å². The minimum Gasteiger partial charge on any atom is -0.299 e. The highest BCUT2D eigenvalue weighted by molar-refractivity contribution is 5.85. The van der Waals surface area contributed by atoms with E-state index in [0.717, 1.165) is 54.3 Å². The van der Waals surface area contributed by atoms with Crippen molar-refractivity contribution in [3.05, 3.63) is 42.0 Å². The van der Waals surface area contributed by atoms with Gasteiger partial charge in [-0.15, -0.1) is 0 Å². The van der Waals surface area contributed by atoms with Crippen molar-refractivity contribution in [3.8, 4) is 0 Å². The molecule has 9 atom stereocenters. The number of allylic oxidation sites excluding steroid dienone is 1. The lowest BCUT2D eigenvalue weighted by Gasteiger charge is -2.61. The summed E-state index contributed by atoms with van der Waals surface area (Å²) in [6, 6.07) is 10.5. The van der Waals surface area contributed by atoms with E-state index in [1.807, 2.05) is 0 Å². The molecule has 0 heterocycles. The van der Waals surface area contributed by atoms with E-state index in [-0.39, 0.29) is 11.3 Å². The molecule has 4 aliphatic carbocycles. The van der Waals surface area contributed by atoms with Crippen LogP contribution in [0.1, 0.15) is 111 Å². The highest BCUT2D eigenvalue weighted by Gasteiger charge is 2.61. The van der Waals surface area contributed by atoms with Crippen LogP contribution in [0.3, 0.4) is 0 Å². The lowest BCUT2D eigenvalue weighted by molar-refractivity contribution is -0.146. The van der Waals surface area contributed by atoms with Gasteiger partial charge in [0.15, 0.2) is 0 Å². The van der Waals surface area contributed by atoms with Gasteiger partial charge in [0.2, 0.25) is 0 Å². The second-order valence-electron chi connectivity index (χ2n) is 14.4. The van der Waals surface area contributed by atoms with Crippen molar-refractivity contribution in [2.24, 2.45) is 58.2 Å². The molecule has 0 aliphatic heterocycles. The predicted molar refractivity (Wildman–Crippen MR) is 152 cm³/mol. The van der Waals surface area contributed by atoms with Crippen LogP contribution in [0.5, 0.6) is 0 Å². The second-order valence-corrected chi connectivity index (χ2v) is 14.4. The number of carbonyl (C=O) groups is 1. The number of hydrogen-bond acceptors (Lipinski definition) is 1. The molecule has 1 nitrogen and oxygen atoms in total. The molecule has 198 valence electrons. The maximum absolute atomic E-state index is 13.5. The number of ketones is 1. The lowest BCUT2D eigenvalue weighted by atomic mass is 9.44. The van der Waals surface area contributed by atoms with Gasteiger partial charge in [0.05, 0.1) is 0 Å². The van der Waals surface area contributed by atoms with E-state index >= 15 is 0 Å². The average molecular weight is 489 g/mol. The number of carbonyl (C=O) groups excluding carboxylic acids is 1. The molecule has 0 saturated heterocycles. The first kappa shape index (κ1) is 26.2. The Balaban J connectivity index is 1.27. The maximum Gasteiger partial charge on any atom is 0.140 e. The molecule has 0 bridgehead atoms. The quantitative estimate of drug-likeness (QED) is 0.373. The molecule has 4 fully saturated rings. The SMILES string of the molecule is CC(C)CCCC(C)C1CCC2C3CCC4CC(/C=C\c5ccccc5)C(=O)CC4(C)C3CCC12C. The fourth-order valence-electron chi connectivity index (χ4n) is 10.1. The molecule has 0 amide bonds. The minimum atomic E-state index is 0.122. The molecular weight excluding hydrogens is 436 g/mol. The minimum absolute atomic E-state index is 0.122. The monoisotopic (exact) mass is 488 g/mol. The molecule has 0 aromatic heterocycles. The topological polar surface area (TPSA) is 17.1 Å². The van der Waals surface area contributed by atoms with E-state index in [1.165, 1.54) is 63.4 Å². The van der Waals surface area contributed by atoms with Crippen LogP contribution in [-0.2, 0) is 4.79 Å². The zero-order valence-electron chi connectivity index (χ0n) is 23.8. The Kier molecular flexibility index (Phi) is 7.59. The summed E-state index contributed by atoms with van der Waals surface area (Å²) in [6.07, 6.45) is 19.0. The number of hydrogen-bond donors (Lipinski definition) is 0. The molecule has 36 heavy (non-hydrogen) atoms. The Morgan fingerprint density at radius 2 is 1.67 bits per heavy atom. The van der Waals surface area contributed by atoms with E-state index in [9.17, 15) is 4.79 Å². The summed E-state index contributed by atoms with van der Waals surface area (Å²) in [7, 11) is 0. The summed E-state index contributed by atoms with van der Waals surface area (Å²) in [6.45, 7) is 12.5. The van der Waals surface area contributed by atoms with Crippen LogP contribution in [0.4, 0.5) is 0 Å². The second kappa shape index (κ2) is 10.4. The summed E-state index contributed by atoms with van der Waals surface area (Å²) in [5, 5.41) is 0. The molecule has 0 N–H and O–H groups in total. The fraction of sp³-hybridized carbons (Fsp3) is 0.743. The van der Waals surface area contributed by atoms with E-state index in [2.05, 4.69) is 77.1 Å². The Morgan fingerprint density at radius 3 is 2.42 bits per heavy atom. The Morgan fingerprint density at radius 1 is 0.917 bits per heavy atom. The van der Waals surface area contributed by atoms with E-state index in [4.69, 9.17) is 0 Å².